The predicted molar refractivity (Wildman–Crippen MR) is 48.3 cm³/mol. The van der Waals surface area contributed by atoms with Gasteiger partial charge in [0.1, 0.15) is 8.07 Å². The molecule has 52 valence electrons. The fourth-order valence-corrected chi connectivity index (χ4v) is 1.05. The van der Waals surface area contributed by atoms with Crippen molar-refractivity contribution in [3.63, 3.8) is 0 Å². The molecule has 0 atom stereocenters. The summed E-state index contributed by atoms with van der Waals surface area (Å²) >= 11 is 0. The Kier molecular flexibility index (Phi) is 1.82. The van der Waals surface area contributed by atoms with Gasteiger partial charge in [-0.15, -0.1) is 5.54 Å². The minimum Gasteiger partial charge on any atom is -0.127 e. The van der Waals surface area contributed by atoms with Crippen molar-refractivity contribution in [3.05, 3.63) is 23.8 Å². The lowest BCUT2D eigenvalue weighted by Crippen LogP contribution is -2.16. The van der Waals surface area contributed by atoms with E-state index in [4.69, 9.17) is 0 Å². The second kappa shape index (κ2) is 2.47. The van der Waals surface area contributed by atoms with Crippen LogP contribution in [0, 0.1) is 11.5 Å². The quantitative estimate of drug-likeness (QED) is 0.365. The Morgan fingerprint density at radius 2 is 1.90 bits per heavy atom. The van der Waals surface area contributed by atoms with Gasteiger partial charge in [-0.05, 0) is 12.2 Å². The van der Waals surface area contributed by atoms with Crippen molar-refractivity contribution in [1.82, 2.24) is 0 Å². The summed E-state index contributed by atoms with van der Waals surface area (Å²) in [5, 5.41) is 0. The smallest absolute Gasteiger partial charge is 0.127 e. The molecule has 0 aromatic heterocycles. The molecule has 0 aromatic carbocycles. The van der Waals surface area contributed by atoms with E-state index in [2.05, 4.69) is 31.1 Å². The van der Waals surface area contributed by atoms with Crippen LogP contribution in [0.4, 0.5) is 0 Å². The lowest BCUT2D eigenvalue weighted by molar-refractivity contribution is 1.66. The van der Waals surface area contributed by atoms with Crippen molar-refractivity contribution in [2.45, 2.75) is 19.6 Å². The Morgan fingerprint density at radius 1 is 1.30 bits per heavy atom. The SMILES string of the molecule is C[Si](C)(C)C#CC1=CC=C1. The summed E-state index contributed by atoms with van der Waals surface area (Å²) in [7, 11) is -1.14. The van der Waals surface area contributed by atoms with Crippen LogP contribution in [0.5, 0.6) is 0 Å². The molecular formula is C9H12Si. The molecular weight excluding hydrogens is 136 g/mol. The molecule has 0 N–H and O–H groups in total. The van der Waals surface area contributed by atoms with Gasteiger partial charge in [-0.1, -0.05) is 31.6 Å². The molecule has 0 amide bonds. The van der Waals surface area contributed by atoms with Crippen LogP contribution in [0.2, 0.25) is 19.6 Å². The van der Waals surface area contributed by atoms with Gasteiger partial charge in [0, 0.05) is 5.57 Å². The van der Waals surface area contributed by atoms with Crippen LogP contribution >= 0.6 is 0 Å². The van der Waals surface area contributed by atoms with E-state index < -0.39 is 8.07 Å². The van der Waals surface area contributed by atoms with E-state index in [1.807, 2.05) is 18.2 Å². The van der Waals surface area contributed by atoms with Gasteiger partial charge in [0.05, 0.1) is 0 Å². The van der Waals surface area contributed by atoms with E-state index in [9.17, 15) is 0 Å². The van der Waals surface area contributed by atoms with E-state index in [-0.39, 0.29) is 0 Å². The van der Waals surface area contributed by atoms with Gasteiger partial charge in [-0.2, -0.15) is 0 Å². The first-order valence-corrected chi connectivity index (χ1v) is 6.99. The van der Waals surface area contributed by atoms with Crippen molar-refractivity contribution in [2.75, 3.05) is 0 Å². The van der Waals surface area contributed by atoms with Crippen molar-refractivity contribution in [2.24, 2.45) is 0 Å². The Bertz CT molecular complexity index is 240. The topological polar surface area (TPSA) is 0 Å². The first kappa shape index (κ1) is 7.36. The molecule has 0 aromatic rings. The summed E-state index contributed by atoms with van der Waals surface area (Å²) in [6.45, 7) is 6.76. The fraction of sp³-hybridized carbons (Fsp3) is 0.333. The molecule has 0 bridgehead atoms. The molecule has 1 heteroatoms. The summed E-state index contributed by atoms with van der Waals surface area (Å²) < 4.78 is 0. The molecule has 0 radical (unpaired) electrons. The van der Waals surface area contributed by atoms with E-state index in [0.717, 1.165) is 0 Å². The largest absolute Gasteiger partial charge is 0.129 e. The van der Waals surface area contributed by atoms with Gasteiger partial charge in [0.2, 0.25) is 0 Å². The van der Waals surface area contributed by atoms with Gasteiger partial charge in [0.15, 0.2) is 0 Å². The summed E-state index contributed by atoms with van der Waals surface area (Å²) in [5.74, 6) is 3.15. The second-order valence-corrected chi connectivity index (χ2v) is 8.23. The Hall–Kier alpha value is -0.743. The van der Waals surface area contributed by atoms with E-state index in [0.29, 0.717) is 0 Å². The minimum atomic E-state index is -1.14. The Labute approximate surface area is 63.7 Å². The highest BCUT2D eigenvalue weighted by molar-refractivity contribution is 6.83. The summed E-state index contributed by atoms with van der Waals surface area (Å²) in [5.41, 5.74) is 4.48. The van der Waals surface area contributed by atoms with Gasteiger partial charge >= 0.3 is 0 Å². The number of allylic oxidation sites excluding steroid dienone is 4. The van der Waals surface area contributed by atoms with Crippen LogP contribution in [-0.4, -0.2) is 8.07 Å². The Morgan fingerprint density at radius 3 is 2.20 bits per heavy atom. The average molecular weight is 148 g/mol. The third-order valence-corrected chi connectivity index (χ3v) is 2.01. The molecule has 0 fully saturated rings. The second-order valence-electron chi connectivity index (χ2n) is 3.48. The highest BCUT2D eigenvalue weighted by Crippen LogP contribution is 2.06. The highest BCUT2D eigenvalue weighted by atomic mass is 28.3. The van der Waals surface area contributed by atoms with Crippen molar-refractivity contribution in [1.29, 1.82) is 0 Å². The fourth-order valence-electron chi connectivity index (χ4n) is 0.535. The summed E-state index contributed by atoms with van der Waals surface area (Å²) in [4.78, 5) is 0. The molecule has 0 spiro atoms. The lowest BCUT2D eigenvalue weighted by Gasteiger charge is -2.04. The van der Waals surface area contributed by atoms with Crippen LogP contribution in [0.15, 0.2) is 23.8 Å². The molecule has 1 aliphatic carbocycles. The first-order valence-electron chi connectivity index (χ1n) is 3.49. The number of rotatable bonds is 0. The van der Waals surface area contributed by atoms with Gasteiger partial charge in [-0.3, -0.25) is 0 Å². The van der Waals surface area contributed by atoms with Crippen LogP contribution < -0.4 is 0 Å². The van der Waals surface area contributed by atoms with Crippen molar-refractivity contribution in [3.8, 4) is 11.5 Å². The molecule has 0 aliphatic heterocycles. The molecule has 10 heavy (non-hydrogen) atoms. The Balaban J connectivity index is 2.54. The van der Waals surface area contributed by atoms with Crippen LogP contribution in [0.25, 0.3) is 0 Å². The zero-order valence-electron chi connectivity index (χ0n) is 6.73. The summed E-state index contributed by atoms with van der Waals surface area (Å²) in [6, 6.07) is 0. The van der Waals surface area contributed by atoms with E-state index >= 15 is 0 Å². The molecule has 0 unspecified atom stereocenters. The standard InChI is InChI=1S/C9H12Si/c1-10(2,3)8-7-9-5-4-6-9/h4-6H,1-3H3. The van der Waals surface area contributed by atoms with Gasteiger partial charge < -0.3 is 0 Å². The summed E-state index contributed by atoms with van der Waals surface area (Å²) in [6.07, 6.45) is 6.12. The molecule has 0 heterocycles. The maximum atomic E-state index is 3.29. The van der Waals surface area contributed by atoms with Crippen LogP contribution in [-0.2, 0) is 0 Å². The minimum absolute atomic E-state index is 1.14. The van der Waals surface area contributed by atoms with E-state index in [1.165, 1.54) is 5.57 Å². The van der Waals surface area contributed by atoms with Crippen LogP contribution in [0.3, 0.4) is 0 Å². The van der Waals surface area contributed by atoms with Crippen LogP contribution in [0.1, 0.15) is 0 Å². The highest BCUT2D eigenvalue weighted by Gasteiger charge is 2.07. The molecule has 0 saturated carbocycles. The lowest BCUT2D eigenvalue weighted by atomic mass is 10.1. The molecule has 0 saturated heterocycles. The van der Waals surface area contributed by atoms with E-state index in [1.54, 1.807) is 0 Å². The molecule has 1 rings (SSSR count). The van der Waals surface area contributed by atoms with Gasteiger partial charge in [-0.25, -0.2) is 0 Å². The monoisotopic (exact) mass is 148 g/mol. The maximum Gasteiger partial charge on any atom is 0.129 e. The predicted octanol–water partition coefficient (Wildman–Crippen LogP) is 2.36. The van der Waals surface area contributed by atoms with Crippen molar-refractivity contribution >= 4 is 8.07 Å². The number of hydrogen-bond acceptors (Lipinski definition) is 0. The molecule has 1 aliphatic rings. The zero-order chi connectivity index (χ0) is 7.61. The zero-order valence-corrected chi connectivity index (χ0v) is 7.73. The third kappa shape index (κ3) is 2.24. The van der Waals surface area contributed by atoms with Gasteiger partial charge in [0.25, 0.3) is 0 Å². The average Bonchev–Trinajstić information content (AvgIpc) is 1.56. The van der Waals surface area contributed by atoms with Crippen molar-refractivity contribution < 1.29 is 0 Å². The third-order valence-electron chi connectivity index (χ3n) is 1.13. The maximum absolute atomic E-state index is 3.29. The normalized spacial score (nSPS) is 14.9. The first-order chi connectivity index (χ1) is 4.58. The molecule has 0 nitrogen and oxygen atoms in total. The number of hydrogen-bond donors (Lipinski definition) is 0.